The highest BCUT2D eigenvalue weighted by Gasteiger charge is 2.06. The monoisotopic (exact) mass is 713 g/mol. The Morgan fingerprint density at radius 2 is 0.540 bits per heavy atom. The van der Waals surface area contributed by atoms with Crippen molar-refractivity contribution >= 4 is 0 Å². The van der Waals surface area contributed by atoms with Crippen molar-refractivity contribution < 1.29 is 15.3 Å². The molecule has 0 aromatic heterocycles. The second-order valence-electron chi connectivity index (χ2n) is 15.5. The summed E-state index contributed by atoms with van der Waals surface area (Å²) in [4.78, 5) is 0. The standard InChI is InChI=1S/C43H92N4O3/c1-3-5-7-9-11-16-20-24-29-41(48)30-25-21-18-14-13-15-19-23-27-32-43(50)40-47-38-36-45-34-28-33-44-35-37-46-39-42(49)31-26-22-17-12-10-8-6-4-2/h41-50H,3-40H2,1-2H3. The summed E-state index contributed by atoms with van der Waals surface area (Å²) in [5.74, 6) is 0. The average Bonchev–Trinajstić information content (AvgIpc) is 3.11. The normalized spacial score (nSPS) is 13.6. The molecule has 3 atom stereocenters. The van der Waals surface area contributed by atoms with E-state index >= 15 is 0 Å². The predicted octanol–water partition coefficient (Wildman–Crippen LogP) is 9.17. The first kappa shape index (κ1) is 49.7. The van der Waals surface area contributed by atoms with Crippen LogP contribution in [0.5, 0.6) is 0 Å². The lowest BCUT2D eigenvalue weighted by Crippen LogP contribution is -2.35. The molecule has 7 heteroatoms. The summed E-state index contributed by atoms with van der Waals surface area (Å²) < 4.78 is 0. The molecule has 0 amide bonds. The molecule has 0 rings (SSSR count). The summed E-state index contributed by atoms with van der Waals surface area (Å²) in [6.45, 7) is 11.6. The maximum absolute atomic E-state index is 10.3. The molecule has 0 aromatic rings. The lowest BCUT2D eigenvalue weighted by Gasteiger charge is -2.13. The van der Waals surface area contributed by atoms with Gasteiger partial charge < -0.3 is 36.6 Å². The van der Waals surface area contributed by atoms with Gasteiger partial charge in [0.15, 0.2) is 0 Å². The lowest BCUT2D eigenvalue weighted by molar-refractivity contribution is 0.147. The molecule has 0 aromatic carbocycles. The van der Waals surface area contributed by atoms with Crippen LogP contribution >= 0.6 is 0 Å². The number of rotatable bonds is 44. The molecule has 7 N–H and O–H groups in total. The van der Waals surface area contributed by atoms with Gasteiger partial charge in [0.05, 0.1) is 18.3 Å². The third-order valence-electron chi connectivity index (χ3n) is 10.3. The van der Waals surface area contributed by atoms with Gasteiger partial charge in [0, 0.05) is 39.3 Å². The molecule has 0 bridgehead atoms. The quantitative estimate of drug-likeness (QED) is 0.0316. The molecule has 0 radical (unpaired) electrons. The van der Waals surface area contributed by atoms with Crippen LogP contribution in [0.2, 0.25) is 0 Å². The molecule has 0 saturated carbocycles. The first-order valence-corrected chi connectivity index (χ1v) is 22.5. The molecule has 0 heterocycles. The molecule has 3 unspecified atom stereocenters. The van der Waals surface area contributed by atoms with E-state index < -0.39 is 0 Å². The number of nitrogens with one attached hydrogen (secondary N) is 4. The van der Waals surface area contributed by atoms with Gasteiger partial charge in [0.25, 0.3) is 0 Å². The van der Waals surface area contributed by atoms with Crippen molar-refractivity contribution in [3.8, 4) is 0 Å². The number of unbranched alkanes of at least 4 members (excludes halogenated alkanes) is 22. The van der Waals surface area contributed by atoms with Gasteiger partial charge in [-0.25, -0.2) is 0 Å². The molecule has 7 nitrogen and oxygen atoms in total. The average molecular weight is 713 g/mol. The Morgan fingerprint density at radius 3 is 0.860 bits per heavy atom. The number of hydrogen-bond donors (Lipinski definition) is 7. The van der Waals surface area contributed by atoms with Crippen LogP contribution < -0.4 is 21.3 Å². The van der Waals surface area contributed by atoms with Crippen LogP contribution in [0.25, 0.3) is 0 Å². The number of aliphatic hydroxyl groups is 3. The van der Waals surface area contributed by atoms with Crippen LogP contribution in [0.4, 0.5) is 0 Å². The third kappa shape index (κ3) is 42.1. The van der Waals surface area contributed by atoms with Crippen molar-refractivity contribution in [2.24, 2.45) is 0 Å². The van der Waals surface area contributed by atoms with E-state index in [2.05, 4.69) is 35.1 Å². The predicted molar refractivity (Wildman–Crippen MR) is 219 cm³/mol. The van der Waals surface area contributed by atoms with Crippen molar-refractivity contribution in [3.05, 3.63) is 0 Å². The first-order chi connectivity index (χ1) is 24.6. The minimum absolute atomic E-state index is 0.0736. The summed E-state index contributed by atoms with van der Waals surface area (Å²) in [6, 6.07) is 0. The highest BCUT2D eigenvalue weighted by atomic mass is 16.3. The molecule has 302 valence electrons. The zero-order valence-corrected chi connectivity index (χ0v) is 33.9. The van der Waals surface area contributed by atoms with Crippen molar-refractivity contribution in [3.63, 3.8) is 0 Å². The zero-order chi connectivity index (χ0) is 36.4. The summed E-state index contributed by atoms with van der Waals surface area (Å²) >= 11 is 0. The van der Waals surface area contributed by atoms with Crippen molar-refractivity contribution in [2.45, 2.75) is 225 Å². The second-order valence-corrected chi connectivity index (χ2v) is 15.5. The van der Waals surface area contributed by atoms with Crippen LogP contribution in [0.1, 0.15) is 206 Å². The highest BCUT2D eigenvalue weighted by Crippen LogP contribution is 2.16. The topological polar surface area (TPSA) is 109 Å². The molecular weight excluding hydrogens is 620 g/mol. The first-order valence-electron chi connectivity index (χ1n) is 22.5. The zero-order valence-electron chi connectivity index (χ0n) is 33.9. The Balaban J connectivity index is 3.25. The smallest absolute Gasteiger partial charge is 0.0664 e. The van der Waals surface area contributed by atoms with E-state index in [4.69, 9.17) is 0 Å². The van der Waals surface area contributed by atoms with Gasteiger partial charge in [0.1, 0.15) is 0 Å². The van der Waals surface area contributed by atoms with E-state index in [1.807, 2.05) is 0 Å². The van der Waals surface area contributed by atoms with E-state index in [1.165, 1.54) is 148 Å². The van der Waals surface area contributed by atoms with Crippen LogP contribution in [-0.4, -0.2) is 86.0 Å². The van der Waals surface area contributed by atoms with Gasteiger partial charge in [-0.15, -0.1) is 0 Å². The van der Waals surface area contributed by atoms with Gasteiger partial charge in [-0.1, -0.05) is 174 Å². The summed E-state index contributed by atoms with van der Waals surface area (Å²) in [7, 11) is 0. The van der Waals surface area contributed by atoms with Gasteiger partial charge >= 0.3 is 0 Å². The Hall–Kier alpha value is -0.280. The van der Waals surface area contributed by atoms with E-state index in [-0.39, 0.29) is 18.3 Å². The molecule has 0 aliphatic heterocycles. The Labute approximate surface area is 313 Å². The van der Waals surface area contributed by atoms with Crippen LogP contribution in [0.3, 0.4) is 0 Å². The molecule has 0 spiro atoms. The van der Waals surface area contributed by atoms with Gasteiger partial charge in [-0.05, 0) is 45.2 Å². The lowest BCUT2D eigenvalue weighted by atomic mass is 10.0. The van der Waals surface area contributed by atoms with Gasteiger partial charge in [0.2, 0.25) is 0 Å². The van der Waals surface area contributed by atoms with Crippen LogP contribution in [0.15, 0.2) is 0 Å². The maximum Gasteiger partial charge on any atom is 0.0664 e. The van der Waals surface area contributed by atoms with Crippen molar-refractivity contribution in [1.29, 1.82) is 0 Å². The molecule has 0 aliphatic carbocycles. The fourth-order valence-electron chi connectivity index (χ4n) is 6.85. The van der Waals surface area contributed by atoms with Crippen LogP contribution in [0, 0.1) is 0 Å². The SMILES string of the molecule is CCCCCCCCCCC(O)CCCCCCCCCCCC(O)CNCCNCCCNCCNCC(O)CCCCCCCCCC. The second kappa shape index (κ2) is 43.1. The van der Waals surface area contributed by atoms with Crippen molar-refractivity contribution in [1.82, 2.24) is 21.3 Å². The number of hydrogen-bond acceptors (Lipinski definition) is 7. The highest BCUT2D eigenvalue weighted by molar-refractivity contribution is 4.64. The van der Waals surface area contributed by atoms with E-state index in [0.29, 0.717) is 13.1 Å². The Morgan fingerprint density at radius 1 is 0.280 bits per heavy atom. The summed E-state index contributed by atoms with van der Waals surface area (Å²) in [5, 5.41) is 44.4. The van der Waals surface area contributed by atoms with Gasteiger partial charge in [-0.2, -0.15) is 0 Å². The minimum atomic E-state index is -0.232. The third-order valence-corrected chi connectivity index (χ3v) is 10.3. The summed E-state index contributed by atoms with van der Waals surface area (Å²) in [6.07, 6.45) is 37.0. The fraction of sp³-hybridized carbons (Fsp3) is 1.00. The molecule has 0 aliphatic rings. The van der Waals surface area contributed by atoms with E-state index in [9.17, 15) is 15.3 Å². The Bertz CT molecular complexity index is 615. The van der Waals surface area contributed by atoms with Crippen LogP contribution in [-0.2, 0) is 0 Å². The molecule has 0 fully saturated rings. The number of aliphatic hydroxyl groups excluding tert-OH is 3. The largest absolute Gasteiger partial charge is 0.393 e. The molecule has 0 saturated heterocycles. The molecule has 50 heavy (non-hydrogen) atoms. The van der Waals surface area contributed by atoms with Gasteiger partial charge in [-0.3, -0.25) is 0 Å². The Kier molecular flexibility index (Phi) is 42.9. The molecular formula is C43H92N4O3. The minimum Gasteiger partial charge on any atom is -0.393 e. The van der Waals surface area contributed by atoms with Crippen molar-refractivity contribution in [2.75, 3.05) is 52.4 Å². The fourth-order valence-corrected chi connectivity index (χ4v) is 6.85. The van der Waals surface area contributed by atoms with E-state index in [1.54, 1.807) is 0 Å². The summed E-state index contributed by atoms with van der Waals surface area (Å²) in [5.41, 5.74) is 0. The van der Waals surface area contributed by atoms with E-state index in [0.717, 1.165) is 84.2 Å². The maximum atomic E-state index is 10.3.